The molecule has 25 heavy (non-hydrogen) atoms. The molecule has 0 aromatic heterocycles. The standard InChI is InChI=1S/C16H13Cl2F3N2O2/c17-11-6-5-10(9-12(11)18)7-8-22-15(24)23-13-3-1-2-4-14(13)25-16(19,20)21/h1-6,9H,7-8H2,(H2,22,23,24). The maximum absolute atomic E-state index is 12.3. The van der Waals surface area contributed by atoms with E-state index in [4.69, 9.17) is 23.2 Å². The first-order chi connectivity index (χ1) is 11.7. The zero-order valence-corrected chi connectivity index (χ0v) is 14.2. The molecule has 0 unspecified atom stereocenters. The van der Waals surface area contributed by atoms with E-state index in [2.05, 4.69) is 15.4 Å². The van der Waals surface area contributed by atoms with Gasteiger partial charge in [-0.2, -0.15) is 0 Å². The highest BCUT2D eigenvalue weighted by molar-refractivity contribution is 6.42. The topological polar surface area (TPSA) is 50.4 Å². The van der Waals surface area contributed by atoms with Crippen molar-refractivity contribution in [2.24, 2.45) is 0 Å². The normalized spacial score (nSPS) is 11.1. The predicted molar refractivity (Wildman–Crippen MR) is 90.3 cm³/mol. The van der Waals surface area contributed by atoms with E-state index in [9.17, 15) is 18.0 Å². The highest BCUT2D eigenvalue weighted by atomic mass is 35.5. The Labute approximate surface area is 151 Å². The van der Waals surface area contributed by atoms with Gasteiger partial charge in [-0.3, -0.25) is 0 Å². The first-order valence-electron chi connectivity index (χ1n) is 7.08. The van der Waals surface area contributed by atoms with Crippen LogP contribution in [0.5, 0.6) is 5.75 Å². The molecule has 0 bridgehead atoms. The third kappa shape index (κ3) is 6.36. The number of hydrogen-bond donors (Lipinski definition) is 2. The Morgan fingerprint density at radius 1 is 1.08 bits per heavy atom. The summed E-state index contributed by atoms with van der Waals surface area (Å²) in [6.07, 6.45) is -4.37. The van der Waals surface area contributed by atoms with E-state index in [-0.39, 0.29) is 12.2 Å². The number of nitrogens with one attached hydrogen (secondary N) is 2. The van der Waals surface area contributed by atoms with Crippen molar-refractivity contribution >= 4 is 34.9 Å². The maximum atomic E-state index is 12.3. The number of anilines is 1. The molecule has 2 aromatic rings. The molecule has 0 heterocycles. The summed E-state index contributed by atoms with van der Waals surface area (Å²) in [7, 11) is 0. The summed E-state index contributed by atoms with van der Waals surface area (Å²) in [5.74, 6) is -0.491. The minimum Gasteiger partial charge on any atom is -0.404 e. The summed E-state index contributed by atoms with van der Waals surface area (Å²) >= 11 is 11.7. The minimum atomic E-state index is -4.85. The molecule has 134 valence electrons. The SMILES string of the molecule is O=C(NCCc1ccc(Cl)c(Cl)c1)Nc1ccccc1OC(F)(F)F. The van der Waals surface area contributed by atoms with Crippen LogP contribution in [-0.2, 0) is 6.42 Å². The van der Waals surface area contributed by atoms with E-state index in [1.165, 1.54) is 18.2 Å². The molecular weight excluding hydrogens is 380 g/mol. The van der Waals surface area contributed by atoms with Gasteiger partial charge < -0.3 is 15.4 Å². The average molecular weight is 393 g/mol. The number of halogens is 5. The molecule has 4 nitrogen and oxygen atoms in total. The highest BCUT2D eigenvalue weighted by Crippen LogP contribution is 2.29. The molecule has 0 atom stereocenters. The van der Waals surface area contributed by atoms with Gasteiger partial charge in [0, 0.05) is 6.54 Å². The number of ether oxygens (including phenoxy) is 1. The Kier molecular flexibility index (Phi) is 6.39. The Morgan fingerprint density at radius 2 is 1.80 bits per heavy atom. The third-order valence-electron chi connectivity index (χ3n) is 3.04. The van der Waals surface area contributed by atoms with Gasteiger partial charge in [-0.15, -0.1) is 13.2 Å². The van der Waals surface area contributed by atoms with Crippen LogP contribution in [0.2, 0.25) is 10.0 Å². The summed E-state index contributed by atoms with van der Waals surface area (Å²) in [6, 6.07) is 9.69. The lowest BCUT2D eigenvalue weighted by molar-refractivity contribution is -0.274. The lowest BCUT2D eigenvalue weighted by atomic mass is 10.1. The fourth-order valence-electron chi connectivity index (χ4n) is 1.97. The molecule has 0 saturated heterocycles. The zero-order valence-electron chi connectivity index (χ0n) is 12.7. The van der Waals surface area contributed by atoms with Gasteiger partial charge >= 0.3 is 12.4 Å². The molecule has 9 heteroatoms. The van der Waals surface area contributed by atoms with Crippen LogP contribution >= 0.6 is 23.2 Å². The first kappa shape index (κ1) is 19.2. The fraction of sp³-hybridized carbons (Fsp3) is 0.188. The van der Waals surface area contributed by atoms with Crippen LogP contribution in [0.15, 0.2) is 42.5 Å². The summed E-state index contributed by atoms with van der Waals surface area (Å²) in [4.78, 5) is 11.8. The van der Waals surface area contributed by atoms with Crippen molar-refractivity contribution in [3.8, 4) is 5.75 Å². The van der Waals surface area contributed by atoms with E-state index < -0.39 is 18.1 Å². The number of carbonyl (C=O) groups is 1. The van der Waals surface area contributed by atoms with Crippen molar-refractivity contribution in [3.05, 3.63) is 58.1 Å². The van der Waals surface area contributed by atoms with Gasteiger partial charge in [0.05, 0.1) is 15.7 Å². The lowest BCUT2D eigenvalue weighted by Gasteiger charge is -2.14. The van der Waals surface area contributed by atoms with Gasteiger partial charge in [0.2, 0.25) is 0 Å². The lowest BCUT2D eigenvalue weighted by Crippen LogP contribution is -2.31. The van der Waals surface area contributed by atoms with E-state index in [0.717, 1.165) is 11.6 Å². The second-order valence-electron chi connectivity index (χ2n) is 4.92. The molecule has 0 fully saturated rings. The third-order valence-corrected chi connectivity index (χ3v) is 3.78. The number of hydrogen-bond acceptors (Lipinski definition) is 2. The molecule has 2 N–H and O–H groups in total. The number of rotatable bonds is 5. The van der Waals surface area contributed by atoms with Gasteiger partial charge in [-0.25, -0.2) is 4.79 Å². The largest absolute Gasteiger partial charge is 0.573 e. The molecule has 0 aliphatic heterocycles. The number of benzene rings is 2. The van der Waals surface area contributed by atoms with Crippen molar-refractivity contribution in [3.63, 3.8) is 0 Å². The molecule has 2 amide bonds. The highest BCUT2D eigenvalue weighted by Gasteiger charge is 2.32. The summed E-state index contributed by atoms with van der Waals surface area (Å²) in [5, 5.41) is 5.69. The number of urea groups is 1. The van der Waals surface area contributed by atoms with Crippen molar-refractivity contribution < 1.29 is 22.7 Å². The second-order valence-corrected chi connectivity index (χ2v) is 5.74. The second kappa shape index (κ2) is 8.31. The zero-order chi connectivity index (χ0) is 18.4. The molecule has 2 rings (SSSR count). The fourth-order valence-corrected chi connectivity index (χ4v) is 2.29. The van der Waals surface area contributed by atoms with Crippen LogP contribution in [0, 0.1) is 0 Å². The van der Waals surface area contributed by atoms with Crippen LogP contribution in [0.1, 0.15) is 5.56 Å². The molecule has 0 saturated carbocycles. The van der Waals surface area contributed by atoms with Crippen LogP contribution < -0.4 is 15.4 Å². The van der Waals surface area contributed by atoms with Crippen LogP contribution in [0.3, 0.4) is 0 Å². The van der Waals surface area contributed by atoms with Gasteiger partial charge in [0.15, 0.2) is 5.75 Å². The maximum Gasteiger partial charge on any atom is 0.573 e. The Balaban J connectivity index is 1.89. The van der Waals surface area contributed by atoms with Gasteiger partial charge in [-0.1, -0.05) is 41.4 Å². The molecule has 0 aliphatic rings. The average Bonchev–Trinajstić information content (AvgIpc) is 2.51. The summed E-state index contributed by atoms with van der Waals surface area (Å²) < 4.78 is 40.9. The van der Waals surface area contributed by atoms with Gasteiger partial charge in [-0.05, 0) is 36.2 Å². The number of alkyl halides is 3. The molecule has 0 radical (unpaired) electrons. The first-order valence-corrected chi connectivity index (χ1v) is 7.84. The van der Waals surface area contributed by atoms with Crippen LogP contribution in [0.25, 0.3) is 0 Å². The quantitative estimate of drug-likeness (QED) is 0.729. The number of para-hydroxylation sites is 2. The van der Waals surface area contributed by atoms with Crippen LogP contribution in [0.4, 0.5) is 23.7 Å². The molecule has 0 spiro atoms. The predicted octanol–water partition coefficient (Wildman–Crippen LogP) is 5.26. The van der Waals surface area contributed by atoms with E-state index in [0.29, 0.717) is 16.5 Å². The number of carbonyl (C=O) groups excluding carboxylic acids is 1. The molecule has 2 aromatic carbocycles. The molecular formula is C16H13Cl2F3N2O2. The van der Waals surface area contributed by atoms with E-state index >= 15 is 0 Å². The van der Waals surface area contributed by atoms with Crippen molar-refractivity contribution in [1.29, 1.82) is 0 Å². The Bertz CT molecular complexity index is 754. The Morgan fingerprint density at radius 3 is 2.48 bits per heavy atom. The van der Waals surface area contributed by atoms with Crippen molar-refractivity contribution in [2.75, 3.05) is 11.9 Å². The van der Waals surface area contributed by atoms with Crippen molar-refractivity contribution in [2.45, 2.75) is 12.8 Å². The van der Waals surface area contributed by atoms with E-state index in [1.54, 1.807) is 18.2 Å². The Hall–Kier alpha value is -2.12. The molecule has 0 aliphatic carbocycles. The summed E-state index contributed by atoms with van der Waals surface area (Å²) in [5.41, 5.74) is 0.766. The van der Waals surface area contributed by atoms with Crippen molar-refractivity contribution in [1.82, 2.24) is 5.32 Å². The van der Waals surface area contributed by atoms with Gasteiger partial charge in [0.25, 0.3) is 0 Å². The number of amides is 2. The van der Waals surface area contributed by atoms with Crippen LogP contribution in [-0.4, -0.2) is 18.9 Å². The minimum absolute atomic E-state index is 0.0909. The monoisotopic (exact) mass is 392 g/mol. The smallest absolute Gasteiger partial charge is 0.404 e. The van der Waals surface area contributed by atoms with Gasteiger partial charge in [0.1, 0.15) is 0 Å². The van der Waals surface area contributed by atoms with E-state index in [1.807, 2.05) is 0 Å². The summed E-state index contributed by atoms with van der Waals surface area (Å²) in [6.45, 7) is 0.256.